The van der Waals surface area contributed by atoms with Gasteiger partial charge in [-0.2, -0.15) is 0 Å². The lowest BCUT2D eigenvalue weighted by Gasteiger charge is -2.18. The van der Waals surface area contributed by atoms with Crippen LogP contribution in [0.15, 0.2) is 4.42 Å². The average Bonchev–Trinajstić information content (AvgIpc) is 2.44. The van der Waals surface area contributed by atoms with E-state index in [1.165, 1.54) is 0 Å². The molecule has 1 rings (SSSR count). The molecule has 0 unspecified atom stereocenters. The summed E-state index contributed by atoms with van der Waals surface area (Å²) in [6, 6.07) is 0. The van der Waals surface area contributed by atoms with Crippen LogP contribution in [-0.4, -0.2) is 23.1 Å². The van der Waals surface area contributed by atoms with Gasteiger partial charge < -0.3 is 14.9 Å². The summed E-state index contributed by atoms with van der Waals surface area (Å²) in [7, 11) is 0. The van der Waals surface area contributed by atoms with Gasteiger partial charge in [0.25, 0.3) is 0 Å². The van der Waals surface area contributed by atoms with Gasteiger partial charge in [0.05, 0.1) is 0 Å². The van der Waals surface area contributed by atoms with Crippen molar-refractivity contribution in [2.45, 2.75) is 39.7 Å². The Morgan fingerprint density at radius 2 is 2.12 bits per heavy atom. The number of nitrogens with two attached hydrogens (primary N) is 1. The van der Waals surface area contributed by atoms with E-state index in [0.717, 1.165) is 0 Å². The maximum Gasteiger partial charge on any atom is 0.361 e. The number of carbonyl (C=O) groups excluding carboxylic acids is 1. The summed E-state index contributed by atoms with van der Waals surface area (Å²) in [6.45, 7) is 7.54. The molecule has 0 saturated heterocycles. The van der Waals surface area contributed by atoms with Crippen molar-refractivity contribution in [3.8, 4) is 0 Å². The molecule has 5 nitrogen and oxygen atoms in total. The van der Waals surface area contributed by atoms with E-state index in [9.17, 15) is 4.79 Å². The van der Waals surface area contributed by atoms with Crippen LogP contribution in [0.25, 0.3) is 0 Å². The van der Waals surface area contributed by atoms with Gasteiger partial charge in [0.15, 0.2) is 11.6 Å². The average molecular weight is 226 g/mol. The molecule has 2 N–H and O–H groups in total. The van der Waals surface area contributed by atoms with E-state index in [1.807, 2.05) is 0 Å². The van der Waals surface area contributed by atoms with E-state index >= 15 is 0 Å². The highest BCUT2D eigenvalue weighted by molar-refractivity contribution is 5.88. The van der Waals surface area contributed by atoms with Crippen LogP contribution in [0.2, 0.25) is 0 Å². The van der Waals surface area contributed by atoms with Gasteiger partial charge in [-0.25, -0.2) is 9.78 Å². The van der Waals surface area contributed by atoms with Crippen LogP contribution in [0, 0.1) is 6.92 Å². The zero-order valence-corrected chi connectivity index (χ0v) is 10.2. The fourth-order valence-corrected chi connectivity index (χ4v) is 1.20. The number of hydrogen-bond donors (Lipinski definition) is 1. The largest absolute Gasteiger partial charge is 0.455 e. The zero-order chi connectivity index (χ0) is 12.3. The highest BCUT2D eigenvalue weighted by Gasteiger charge is 2.23. The molecular formula is C11H18N2O3. The number of aromatic nitrogens is 1. The Hall–Kier alpha value is -1.36. The first-order valence-corrected chi connectivity index (χ1v) is 5.23. The minimum Gasteiger partial charge on any atom is -0.455 e. The summed E-state index contributed by atoms with van der Waals surface area (Å²) in [5, 5.41) is 0. The number of aryl methyl sites for hydroxylation is 1. The topological polar surface area (TPSA) is 78.4 Å². The number of hydrogen-bond acceptors (Lipinski definition) is 5. The number of carbonyl (C=O) groups is 1. The SMILES string of the molecule is Cc1oc(CCN)nc1C(=O)OC(C)(C)C. The summed E-state index contributed by atoms with van der Waals surface area (Å²) in [6.07, 6.45) is 0.517. The molecule has 0 bridgehead atoms. The van der Waals surface area contributed by atoms with Crippen LogP contribution in [0.1, 0.15) is 42.9 Å². The fourth-order valence-electron chi connectivity index (χ4n) is 1.20. The number of rotatable bonds is 3. The number of oxazole rings is 1. The van der Waals surface area contributed by atoms with Crippen molar-refractivity contribution in [3.05, 3.63) is 17.3 Å². The van der Waals surface area contributed by atoms with Crippen LogP contribution >= 0.6 is 0 Å². The van der Waals surface area contributed by atoms with E-state index in [1.54, 1.807) is 27.7 Å². The molecule has 1 aromatic rings. The van der Waals surface area contributed by atoms with Crippen molar-refractivity contribution in [1.29, 1.82) is 0 Å². The Kier molecular flexibility index (Phi) is 3.70. The maximum absolute atomic E-state index is 11.7. The number of esters is 1. The molecule has 90 valence electrons. The minimum atomic E-state index is -0.531. The second-order valence-electron chi connectivity index (χ2n) is 4.55. The molecule has 0 aromatic carbocycles. The third-order valence-corrected chi connectivity index (χ3v) is 1.79. The molecular weight excluding hydrogens is 208 g/mol. The summed E-state index contributed by atoms with van der Waals surface area (Å²) in [5.41, 5.74) is 5.08. The van der Waals surface area contributed by atoms with Gasteiger partial charge in [-0.15, -0.1) is 0 Å². The predicted molar refractivity (Wildman–Crippen MR) is 59.2 cm³/mol. The summed E-state index contributed by atoms with van der Waals surface area (Å²) in [5.74, 6) is 0.482. The first-order valence-electron chi connectivity index (χ1n) is 5.23. The molecule has 0 spiro atoms. The Morgan fingerprint density at radius 1 is 1.50 bits per heavy atom. The second kappa shape index (κ2) is 4.65. The molecule has 0 atom stereocenters. The quantitative estimate of drug-likeness (QED) is 0.789. The molecule has 16 heavy (non-hydrogen) atoms. The Bertz CT molecular complexity index is 377. The van der Waals surface area contributed by atoms with Gasteiger partial charge >= 0.3 is 5.97 Å². The van der Waals surface area contributed by atoms with E-state index in [-0.39, 0.29) is 5.69 Å². The monoisotopic (exact) mass is 226 g/mol. The smallest absolute Gasteiger partial charge is 0.361 e. The number of ether oxygens (including phenoxy) is 1. The second-order valence-corrected chi connectivity index (χ2v) is 4.55. The normalized spacial score (nSPS) is 11.6. The molecule has 0 aliphatic heterocycles. The highest BCUT2D eigenvalue weighted by atomic mass is 16.6. The van der Waals surface area contributed by atoms with Crippen LogP contribution in [-0.2, 0) is 11.2 Å². The zero-order valence-electron chi connectivity index (χ0n) is 10.2. The number of nitrogens with zero attached hydrogens (tertiary/aromatic N) is 1. The van der Waals surface area contributed by atoms with E-state index in [4.69, 9.17) is 14.9 Å². The molecule has 0 aliphatic rings. The third-order valence-electron chi connectivity index (χ3n) is 1.79. The van der Waals surface area contributed by atoms with E-state index < -0.39 is 11.6 Å². The van der Waals surface area contributed by atoms with Gasteiger partial charge in [-0.1, -0.05) is 0 Å². The maximum atomic E-state index is 11.7. The molecule has 0 saturated carbocycles. The molecule has 0 amide bonds. The van der Waals surface area contributed by atoms with Crippen LogP contribution in [0.4, 0.5) is 0 Å². The molecule has 0 aliphatic carbocycles. The van der Waals surface area contributed by atoms with Crippen molar-refractivity contribution in [1.82, 2.24) is 4.98 Å². The lowest BCUT2D eigenvalue weighted by atomic mass is 10.2. The van der Waals surface area contributed by atoms with Crippen molar-refractivity contribution < 1.29 is 13.9 Å². The Labute approximate surface area is 95.0 Å². The lowest BCUT2D eigenvalue weighted by Crippen LogP contribution is -2.24. The van der Waals surface area contributed by atoms with E-state index in [0.29, 0.717) is 24.6 Å². The third kappa shape index (κ3) is 3.34. The summed E-state index contributed by atoms with van der Waals surface area (Å²) < 4.78 is 10.5. The van der Waals surface area contributed by atoms with Crippen LogP contribution < -0.4 is 5.73 Å². The van der Waals surface area contributed by atoms with E-state index in [2.05, 4.69) is 4.98 Å². The van der Waals surface area contributed by atoms with Gasteiger partial charge in [-0.3, -0.25) is 0 Å². The summed E-state index contributed by atoms with van der Waals surface area (Å²) in [4.78, 5) is 15.8. The predicted octanol–water partition coefficient (Wildman–Crippen LogP) is 1.44. The molecule has 0 radical (unpaired) electrons. The first kappa shape index (κ1) is 12.7. The molecule has 0 fully saturated rings. The van der Waals surface area contributed by atoms with Gasteiger partial charge in [0, 0.05) is 13.0 Å². The Balaban J connectivity index is 2.83. The summed E-state index contributed by atoms with van der Waals surface area (Å²) >= 11 is 0. The first-order chi connectivity index (χ1) is 7.33. The van der Waals surface area contributed by atoms with Crippen LogP contribution in [0.5, 0.6) is 0 Å². The standard InChI is InChI=1S/C11H18N2O3/c1-7-9(10(14)16-11(2,3)4)13-8(15-7)5-6-12/h5-6,12H2,1-4H3. The lowest BCUT2D eigenvalue weighted by molar-refractivity contribution is 0.00617. The van der Waals surface area contributed by atoms with Gasteiger partial charge in [-0.05, 0) is 27.7 Å². The van der Waals surface area contributed by atoms with Gasteiger partial charge in [0.1, 0.15) is 11.4 Å². The van der Waals surface area contributed by atoms with Crippen molar-refractivity contribution in [2.24, 2.45) is 5.73 Å². The molecule has 5 heteroatoms. The molecule has 1 aromatic heterocycles. The van der Waals surface area contributed by atoms with Crippen molar-refractivity contribution in [3.63, 3.8) is 0 Å². The Morgan fingerprint density at radius 3 is 2.62 bits per heavy atom. The minimum absolute atomic E-state index is 0.235. The van der Waals surface area contributed by atoms with Gasteiger partial charge in [0.2, 0.25) is 0 Å². The van der Waals surface area contributed by atoms with Crippen molar-refractivity contribution in [2.75, 3.05) is 6.54 Å². The van der Waals surface area contributed by atoms with Crippen LogP contribution in [0.3, 0.4) is 0 Å². The van der Waals surface area contributed by atoms with Crippen molar-refractivity contribution >= 4 is 5.97 Å². The molecule has 1 heterocycles. The fraction of sp³-hybridized carbons (Fsp3) is 0.636. The highest BCUT2D eigenvalue weighted by Crippen LogP contribution is 2.15.